The van der Waals surface area contributed by atoms with Crippen LogP contribution in [-0.4, -0.2) is 61.4 Å². The molecule has 0 bridgehead atoms. The molecular weight excluding hydrogens is 404 g/mol. The Morgan fingerprint density at radius 2 is 1.87 bits per heavy atom. The molecule has 1 amide bonds. The number of nitrogens with two attached hydrogens (primary N) is 2. The lowest BCUT2D eigenvalue weighted by Crippen LogP contribution is -2.50. The Morgan fingerprint density at radius 3 is 2.35 bits per heavy atom. The van der Waals surface area contributed by atoms with Crippen LogP contribution in [0.25, 0.3) is 0 Å². The van der Waals surface area contributed by atoms with Crippen LogP contribution in [0, 0.1) is 17.0 Å². The van der Waals surface area contributed by atoms with Crippen LogP contribution in [0.2, 0.25) is 0 Å². The van der Waals surface area contributed by atoms with Gasteiger partial charge >= 0.3 is 0 Å². The van der Waals surface area contributed by atoms with Gasteiger partial charge in [0.1, 0.15) is 18.0 Å². The molecule has 0 spiro atoms. The van der Waals surface area contributed by atoms with Crippen molar-refractivity contribution in [3.8, 4) is 0 Å². The van der Waals surface area contributed by atoms with Gasteiger partial charge in [-0.2, -0.15) is 0 Å². The summed E-state index contributed by atoms with van der Waals surface area (Å²) in [5.41, 5.74) is 13.4. The fourth-order valence-corrected chi connectivity index (χ4v) is 3.55. The molecule has 2 heterocycles. The summed E-state index contributed by atoms with van der Waals surface area (Å²) in [5.74, 6) is -2.26. The van der Waals surface area contributed by atoms with Crippen molar-refractivity contribution in [3.63, 3.8) is 0 Å². The van der Waals surface area contributed by atoms with Crippen molar-refractivity contribution in [3.05, 3.63) is 46.7 Å². The average Bonchev–Trinajstić information content (AvgIpc) is 3.31. The molecule has 31 heavy (non-hydrogen) atoms. The monoisotopic (exact) mass is 433 g/mol. The molecule has 6 N–H and O–H groups in total. The number of nitrogens with zero attached hydrogens (tertiary/aromatic N) is 3. The van der Waals surface area contributed by atoms with Crippen molar-refractivity contribution >= 4 is 23.8 Å². The minimum Gasteiger partial charge on any atom is -0.400 e. The van der Waals surface area contributed by atoms with E-state index in [-0.39, 0.29) is 17.9 Å². The molecular formula is C21H29F2N7O. The summed E-state index contributed by atoms with van der Waals surface area (Å²) in [7, 11) is 1.51. The van der Waals surface area contributed by atoms with Crippen LogP contribution in [0.3, 0.4) is 0 Å². The minimum atomic E-state index is -0.711. The van der Waals surface area contributed by atoms with Gasteiger partial charge in [0, 0.05) is 36.5 Å². The molecule has 0 radical (unpaired) electrons. The third-order valence-electron chi connectivity index (χ3n) is 5.15. The van der Waals surface area contributed by atoms with Gasteiger partial charge in [0.15, 0.2) is 5.84 Å². The Morgan fingerprint density at radius 1 is 1.26 bits per heavy atom. The number of nitrogens with one attached hydrogen (secondary N) is 2. The third-order valence-corrected chi connectivity index (χ3v) is 5.15. The second-order valence-electron chi connectivity index (χ2n) is 7.19. The summed E-state index contributed by atoms with van der Waals surface area (Å²) in [6.07, 6.45) is 3.80. The summed E-state index contributed by atoms with van der Waals surface area (Å²) in [6.45, 7) is 4.49. The van der Waals surface area contributed by atoms with Gasteiger partial charge in [-0.15, -0.1) is 0 Å². The topological polar surface area (TPSA) is 133 Å². The Bertz CT molecular complexity index is 879. The maximum absolute atomic E-state index is 13.6. The maximum Gasteiger partial charge on any atom is 0.289 e. The van der Waals surface area contributed by atoms with Crippen molar-refractivity contribution in [2.75, 3.05) is 26.7 Å². The first-order chi connectivity index (χ1) is 14.8. The van der Waals surface area contributed by atoms with E-state index < -0.39 is 23.6 Å². The SMILES string of the molecule is C1CCNC1.CN=C(C1=C(N)C(C)N(C(=O)C(N)=NC=N)CC1)c1cc(F)cc(F)c1. The third kappa shape index (κ3) is 6.17. The van der Waals surface area contributed by atoms with E-state index in [0.29, 0.717) is 29.7 Å². The van der Waals surface area contributed by atoms with Crippen LogP contribution < -0.4 is 16.8 Å². The summed E-state index contributed by atoms with van der Waals surface area (Å²) >= 11 is 0. The Kier molecular flexibility index (Phi) is 8.80. The van der Waals surface area contributed by atoms with E-state index in [0.717, 1.165) is 6.07 Å². The lowest BCUT2D eigenvalue weighted by atomic mass is 9.91. The zero-order chi connectivity index (χ0) is 23.0. The number of carbonyl (C=O) groups is 1. The molecule has 1 unspecified atom stereocenters. The van der Waals surface area contributed by atoms with Crippen molar-refractivity contribution in [2.24, 2.45) is 21.5 Å². The summed E-state index contributed by atoms with van der Waals surface area (Å²) in [4.78, 5) is 21.4. The highest BCUT2D eigenvalue weighted by molar-refractivity contribution is 6.38. The fourth-order valence-electron chi connectivity index (χ4n) is 3.55. The Labute approximate surface area is 180 Å². The number of aliphatic imine (C=N–C) groups is 2. The average molecular weight is 434 g/mol. The van der Waals surface area contributed by atoms with E-state index in [1.165, 1.54) is 50.0 Å². The lowest BCUT2D eigenvalue weighted by Gasteiger charge is -2.35. The molecule has 1 saturated heterocycles. The Balaban J connectivity index is 0.000000597. The van der Waals surface area contributed by atoms with Crippen LogP contribution in [0.15, 0.2) is 39.5 Å². The first kappa shape index (κ1) is 24.1. The molecule has 10 heteroatoms. The van der Waals surface area contributed by atoms with E-state index in [1.54, 1.807) is 6.92 Å². The second kappa shape index (κ2) is 11.3. The van der Waals surface area contributed by atoms with Gasteiger partial charge in [0.25, 0.3) is 5.91 Å². The number of halogens is 2. The molecule has 0 aliphatic carbocycles. The number of amides is 1. The zero-order valence-corrected chi connectivity index (χ0v) is 17.8. The van der Waals surface area contributed by atoms with Crippen LogP contribution >= 0.6 is 0 Å². The largest absolute Gasteiger partial charge is 0.400 e. The van der Waals surface area contributed by atoms with Crippen LogP contribution in [-0.2, 0) is 4.79 Å². The fraction of sp³-hybridized carbons (Fsp3) is 0.429. The van der Waals surface area contributed by atoms with E-state index in [2.05, 4.69) is 15.3 Å². The van der Waals surface area contributed by atoms with E-state index in [9.17, 15) is 13.6 Å². The molecule has 0 saturated carbocycles. The first-order valence-electron chi connectivity index (χ1n) is 10.1. The summed E-state index contributed by atoms with van der Waals surface area (Å²) < 4.78 is 27.1. The van der Waals surface area contributed by atoms with Gasteiger partial charge < -0.3 is 21.7 Å². The number of rotatable bonds is 3. The number of carbonyl (C=O) groups excluding carboxylic acids is 1. The molecule has 1 aromatic carbocycles. The first-order valence-corrected chi connectivity index (χ1v) is 10.1. The maximum atomic E-state index is 13.6. The van der Waals surface area contributed by atoms with E-state index in [4.69, 9.17) is 16.9 Å². The predicted octanol–water partition coefficient (Wildman–Crippen LogP) is 1.55. The summed E-state index contributed by atoms with van der Waals surface area (Å²) in [6, 6.07) is 2.63. The minimum absolute atomic E-state index is 0.278. The standard InChI is InChI=1S/C17H20F2N6O.C4H9N/c1-9-14(21)13(3-4-25(9)17(26)16(22)24-8-20)15(23-2)10-5-11(18)7-12(19)6-10;1-2-4-5-3-1/h5-9H,3-4,21H2,1-2H3,(H3,20,22,24);5H,1-4H2. The van der Waals surface area contributed by atoms with Crippen LogP contribution in [0.4, 0.5) is 8.78 Å². The quantitative estimate of drug-likeness (QED) is 0.425. The van der Waals surface area contributed by atoms with E-state index >= 15 is 0 Å². The lowest BCUT2D eigenvalue weighted by molar-refractivity contribution is -0.125. The molecule has 1 atom stereocenters. The van der Waals surface area contributed by atoms with E-state index in [1.807, 2.05) is 0 Å². The highest BCUT2D eigenvalue weighted by Crippen LogP contribution is 2.25. The zero-order valence-electron chi connectivity index (χ0n) is 17.8. The van der Waals surface area contributed by atoms with Crippen molar-refractivity contribution in [1.29, 1.82) is 5.41 Å². The molecule has 168 valence electrons. The molecule has 8 nitrogen and oxygen atoms in total. The van der Waals surface area contributed by atoms with Crippen molar-refractivity contribution < 1.29 is 13.6 Å². The highest BCUT2D eigenvalue weighted by Gasteiger charge is 2.31. The molecule has 0 aromatic heterocycles. The van der Waals surface area contributed by atoms with Gasteiger partial charge in [-0.3, -0.25) is 15.2 Å². The predicted molar refractivity (Wildman–Crippen MR) is 118 cm³/mol. The van der Waals surface area contributed by atoms with Crippen LogP contribution in [0.5, 0.6) is 0 Å². The normalized spacial score (nSPS) is 19.7. The Hall–Kier alpha value is -3.14. The number of hydrogen-bond acceptors (Lipinski definition) is 5. The number of amidine groups is 1. The molecule has 1 aromatic rings. The van der Waals surface area contributed by atoms with Crippen LogP contribution in [0.1, 0.15) is 31.7 Å². The highest BCUT2D eigenvalue weighted by atomic mass is 19.1. The molecule has 1 fully saturated rings. The van der Waals surface area contributed by atoms with Gasteiger partial charge in [0.05, 0.1) is 11.8 Å². The van der Waals surface area contributed by atoms with Gasteiger partial charge in [-0.25, -0.2) is 13.8 Å². The molecule has 2 aliphatic rings. The smallest absolute Gasteiger partial charge is 0.289 e. The second-order valence-corrected chi connectivity index (χ2v) is 7.19. The van der Waals surface area contributed by atoms with Gasteiger partial charge in [0.2, 0.25) is 0 Å². The van der Waals surface area contributed by atoms with Gasteiger partial charge in [-0.1, -0.05) is 0 Å². The summed E-state index contributed by atoms with van der Waals surface area (Å²) in [5, 5.41) is 10.1. The number of hydrogen-bond donors (Lipinski definition) is 4. The van der Waals surface area contributed by atoms with Crippen molar-refractivity contribution in [2.45, 2.75) is 32.2 Å². The molecule has 3 rings (SSSR count). The molecule has 2 aliphatic heterocycles. The number of benzene rings is 1. The van der Waals surface area contributed by atoms with Gasteiger partial charge in [-0.05, 0) is 51.4 Å². The van der Waals surface area contributed by atoms with Crippen molar-refractivity contribution in [1.82, 2.24) is 10.2 Å².